The molecule has 0 N–H and O–H groups in total. The van der Waals surface area contributed by atoms with E-state index in [2.05, 4.69) is 9.48 Å². The summed E-state index contributed by atoms with van der Waals surface area (Å²) in [6.45, 7) is 3.94. The van der Waals surface area contributed by atoms with Crippen LogP contribution in [-0.2, 0) is 25.7 Å². The highest BCUT2D eigenvalue weighted by molar-refractivity contribution is 5.84. The molecule has 0 atom stereocenters. The van der Waals surface area contributed by atoms with Gasteiger partial charge in [-0.25, -0.2) is 23.2 Å². The molecule has 0 fully saturated rings. The Labute approximate surface area is 213 Å². The van der Waals surface area contributed by atoms with Crippen molar-refractivity contribution >= 4 is 11.3 Å². The maximum absolute atomic E-state index is 14.7. The zero-order chi connectivity index (χ0) is 26.1. The summed E-state index contributed by atoms with van der Waals surface area (Å²) >= 11 is 0. The van der Waals surface area contributed by atoms with Crippen LogP contribution in [0.25, 0.3) is 5.57 Å². The fraction of sp³-hybridized carbons (Fsp3) is 0.500. The molecule has 0 unspecified atom stereocenters. The molecular weight excluding hydrogens is 513 g/mol. The van der Waals surface area contributed by atoms with Crippen molar-refractivity contribution in [3.8, 4) is 11.5 Å². The Morgan fingerprint density at radius 2 is 1.43 bits per heavy atom. The van der Waals surface area contributed by atoms with Crippen molar-refractivity contribution in [1.82, 2.24) is 4.58 Å². The number of hydrogen-bond donors (Lipinski definition) is 0. The Morgan fingerprint density at radius 1 is 0.811 bits per heavy atom. The molecule has 5 aliphatic rings. The highest BCUT2D eigenvalue weighted by Crippen LogP contribution is 2.50. The summed E-state index contributed by atoms with van der Waals surface area (Å²) < 4.78 is 87.0. The molecule has 11 heteroatoms. The Hall–Kier alpha value is -2.37. The van der Waals surface area contributed by atoms with E-state index in [1.807, 2.05) is 0 Å². The smallest absolute Gasteiger partial charge is 0.417 e. The molecule has 0 radical (unpaired) electrons. The van der Waals surface area contributed by atoms with Crippen LogP contribution in [0.3, 0.4) is 0 Å². The van der Waals surface area contributed by atoms with Crippen LogP contribution < -0.4 is 43.4 Å². The number of halogens is 4. The third-order valence-corrected chi connectivity index (χ3v) is 7.97. The SMILES string of the molecule is FC(F)(F)C1=c2cc3c4c(c2Oc2c1cc1c5c2CCCN5CCC1)CCC[N+]=4CCC3.[O-][Cl+3]([O-])([O-])[O-]. The fourth-order valence-electron chi connectivity index (χ4n) is 6.82. The molecule has 2 aromatic carbocycles. The van der Waals surface area contributed by atoms with Crippen LogP contribution >= 0.6 is 0 Å². The first kappa shape index (κ1) is 24.9. The van der Waals surface area contributed by atoms with Gasteiger partial charge >= 0.3 is 6.18 Å². The van der Waals surface area contributed by atoms with Crippen molar-refractivity contribution in [3.05, 3.63) is 50.5 Å². The molecule has 2 aromatic rings. The second-order valence-electron chi connectivity index (χ2n) is 10.2. The molecule has 0 saturated heterocycles. The van der Waals surface area contributed by atoms with Gasteiger partial charge in [-0.15, -0.1) is 10.2 Å². The van der Waals surface area contributed by atoms with Crippen LogP contribution in [0.4, 0.5) is 18.9 Å². The molecule has 0 amide bonds. The number of hydrogen-bond acceptors (Lipinski definition) is 6. The lowest BCUT2D eigenvalue weighted by molar-refractivity contribution is -2.00. The van der Waals surface area contributed by atoms with Crippen molar-refractivity contribution < 1.29 is 46.8 Å². The number of rotatable bonds is 0. The van der Waals surface area contributed by atoms with Crippen LogP contribution in [0.2, 0.25) is 0 Å². The summed E-state index contributed by atoms with van der Waals surface area (Å²) in [7, 11) is -4.94. The van der Waals surface area contributed by atoms with Gasteiger partial charge in [0.05, 0.1) is 11.1 Å². The van der Waals surface area contributed by atoms with Gasteiger partial charge in [-0.2, -0.15) is 13.2 Å². The molecule has 198 valence electrons. The van der Waals surface area contributed by atoms with Gasteiger partial charge in [0.2, 0.25) is 5.36 Å². The molecule has 0 aromatic heterocycles. The first-order valence-electron chi connectivity index (χ1n) is 12.6. The maximum Gasteiger partial charge on any atom is 0.417 e. The molecular formula is C26H26ClF3N2O5. The first-order chi connectivity index (χ1) is 17.5. The minimum absolute atomic E-state index is 0.262. The molecule has 0 spiro atoms. The van der Waals surface area contributed by atoms with Crippen LogP contribution in [0.1, 0.15) is 53.5 Å². The third kappa shape index (κ3) is 4.38. The Bertz CT molecular complexity index is 1410. The van der Waals surface area contributed by atoms with Gasteiger partial charge in [-0.1, -0.05) is 0 Å². The minimum atomic E-state index is -4.94. The van der Waals surface area contributed by atoms with E-state index in [-0.39, 0.29) is 10.8 Å². The Kier molecular flexibility index (Phi) is 5.96. The summed E-state index contributed by atoms with van der Waals surface area (Å²) in [5.41, 5.74) is 5.03. The van der Waals surface area contributed by atoms with Crippen LogP contribution in [0, 0.1) is 10.2 Å². The molecule has 7 nitrogen and oxygen atoms in total. The van der Waals surface area contributed by atoms with Crippen molar-refractivity contribution in [2.45, 2.75) is 57.5 Å². The van der Waals surface area contributed by atoms with E-state index < -0.39 is 22.0 Å². The summed E-state index contributed by atoms with van der Waals surface area (Å²) in [5, 5.41) is 1.41. The molecule has 5 aliphatic heterocycles. The van der Waals surface area contributed by atoms with E-state index in [1.165, 1.54) is 0 Å². The minimum Gasteiger partial charge on any atom is -0.455 e. The zero-order valence-corrected chi connectivity index (χ0v) is 20.8. The number of benzene rings is 2. The topological polar surface area (TPSA) is 108 Å². The van der Waals surface area contributed by atoms with E-state index in [1.54, 1.807) is 12.1 Å². The van der Waals surface area contributed by atoms with Crippen LogP contribution in [-0.4, -0.2) is 32.4 Å². The molecule has 0 aliphatic carbocycles. The van der Waals surface area contributed by atoms with Crippen LogP contribution in [0.15, 0.2) is 12.1 Å². The lowest BCUT2D eigenvalue weighted by Gasteiger charge is -2.39. The van der Waals surface area contributed by atoms with Crippen molar-refractivity contribution in [2.75, 3.05) is 31.1 Å². The monoisotopic (exact) mass is 538 g/mol. The lowest BCUT2D eigenvalue weighted by atomic mass is 9.84. The third-order valence-electron chi connectivity index (χ3n) is 7.97. The number of nitrogens with zero attached hydrogens (tertiary/aromatic N) is 2. The van der Waals surface area contributed by atoms with Gasteiger partial charge in [0.15, 0.2) is 0 Å². The van der Waals surface area contributed by atoms with Gasteiger partial charge in [-0.3, -0.25) is 0 Å². The van der Waals surface area contributed by atoms with Crippen molar-refractivity contribution in [2.24, 2.45) is 0 Å². The average molecular weight is 539 g/mol. The van der Waals surface area contributed by atoms with Gasteiger partial charge in [0.25, 0.3) is 0 Å². The van der Waals surface area contributed by atoms with E-state index in [9.17, 15) is 13.2 Å². The number of anilines is 1. The van der Waals surface area contributed by atoms with E-state index >= 15 is 0 Å². The summed E-state index contributed by atoms with van der Waals surface area (Å²) in [5.74, 6) is 0.943. The molecule has 37 heavy (non-hydrogen) atoms. The zero-order valence-electron chi connectivity index (χ0n) is 20.1. The molecule has 0 bridgehead atoms. The average Bonchev–Trinajstić information content (AvgIpc) is 2.82. The summed E-state index contributed by atoms with van der Waals surface area (Å²) in [4.78, 5) is 2.36. The Balaban J connectivity index is 0.000000463. The number of fused-ring (bicyclic) bond motifs is 4. The number of aryl methyl sites for hydroxylation is 2. The van der Waals surface area contributed by atoms with E-state index in [0.29, 0.717) is 11.5 Å². The van der Waals surface area contributed by atoms with Gasteiger partial charge in [0, 0.05) is 53.5 Å². The quantitative estimate of drug-likeness (QED) is 0.393. The first-order valence-corrected chi connectivity index (χ1v) is 13.9. The number of alkyl halides is 3. The largest absolute Gasteiger partial charge is 0.455 e. The molecule has 5 heterocycles. The predicted molar refractivity (Wildman–Crippen MR) is 117 cm³/mol. The van der Waals surface area contributed by atoms with Gasteiger partial charge in [-0.05, 0) is 56.2 Å². The molecule has 0 saturated carbocycles. The normalized spacial score (nSPS) is 19.6. The standard InChI is InChI=1S/C26H26F3N2O.ClHO4/c27-26(28,29)21-19-13-15-5-1-9-30-11-3-7-17(22(15)30)24(19)32-25-18-8-4-12-31-10-2-6-16(23(18)31)14-20(21)25;2-1(3,4)5/h13-14H,1-12H2;(H,2,3,4,5)/q+1;/p-1. The van der Waals surface area contributed by atoms with Crippen molar-refractivity contribution in [1.29, 1.82) is 0 Å². The van der Waals surface area contributed by atoms with Gasteiger partial charge in [0.1, 0.15) is 24.6 Å². The van der Waals surface area contributed by atoms with E-state index in [4.69, 9.17) is 23.4 Å². The highest BCUT2D eigenvalue weighted by Gasteiger charge is 2.43. The summed E-state index contributed by atoms with van der Waals surface area (Å²) in [6.07, 6.45) is 2.75. The van der Waals surface area contributed by atoms with Gasteiger partial charge < -0.3 is 9.64 Å². The molecule has 7 rings (SSSR count). The second kappa shape index (κ2) is 8.84. The lowest BCUT2D eigenvalue weighted by Crippen LogP contribution is -2.68. The highest BCUT2D eigenvalue weighted by atomic mass is 35.7. The Morgan fingerprint density at radius 3 is 2.14 bits per heavy atom. The fourth-order valence-corrected chi connectivity index (χ4v) is 6.82. The summed E-state index contributed by atoms with van der Waals surface area (Å²) in [6, 6.07) is 3.60. The number of ether oxygens (including phenoxy) is 1. The second-order valence-corrected chi connectivity index (χ2v) is 11.0. The predicted octanol–water partition coefficient (Wildman–Crippen LogP) is -1.12. The maximum atomic E-state index is 14.7. The van der Waals surface area contributed by atoms with Crippen molar-refractivity contribution in [3.63, 3.8) is 0 Å². The van der Waals surface area contributed by atoms with E-state index in [0.717, 1.165) is 111 Å². The van der Waals surface area contributed by atoms with Crippen LogP contribution in [0.5, 0.6) is 11.5 Å².